The second-order valence-electron chi connectivity index (χ2n) is 9.99. The van der Waals surface area contributed by atoms with Crippen molar-refractivity contribution < 1.29 is 59.3 Å². The molecule has 0 heterocycles. The molecule has 4 rings (SSSR count). The van der Waals surface area contributed by atoms with Crippen LogP contribution in [0.5, 0.6) is 0 Å². The maximum atomic E-state index is 14.0. The fourth-order valence-corrected chi connectivity index (χ4v) is 4.55. The monoisotopic (exact) mass is 644 g/mol. The van der Waals surface area contributed by atoms with Gasteiger partial charge in [-0.25, -0.2) is 0 Å². The van der Waals surface area contributed by atoms with Crippen LogP contribution in [0.15, 0.2) is 84.9 Å². The molecule has 6 nitrogen and oxygen atoms in total. The highest BCUT2D eigenvalue weighted by molar-refractivity contribution is 6.15. The quantitative estimate of drug-likeness (QED) is 0.164. The van der Waals surface area contributed by atoms with Gasteiger partial charge in [-0.15, -0.1) is 0 Å². The van der Waals surface area contributed by atoms with Crippen LogP contribution in [0.2, 0.25) is 0 Å². The Morgan fingerprint density at radius 3 is 1.24 bits per heavy atom. The summed E-state index contributed by atoms with van der Waals surface area (Å²) in [4.78, 5) is 26.1. The number of fused-ring (bicyclic) bond motifs is 1. The SMILES string of the molecule is CC(O)(c1ccc2c(NC(=O)c3ccccc3)c(C(O)(C(F)(F)F)C(F)(F)F)ccc2c1NC(=O)c1ccccc1)C(F)(F)F. The van der Waals surface area contributed by atoms with Crippen molar-refractivity contribution in [2.24, 2.45) is 0 Å². The minimum absolute atomic E-state index is 0.107. The zero-order valence-electron chi connectivity index (χ0n) is 22.7. The number of carbonyl (C=O) groups is 2. The lowest BCUT2D eigenvalue weighted by molar-refractivity contribution is -0.375. The molecule has 0 aliphatic carbocycles. The Morgan fingerprint density at radius 1 is 0.533 bits per heavy atom. The van der Waals surface area contributed by atoms with E-state index in [1.54, 1.807) is 0 Å². The number of rotatable bonds is 6. The standard InChI is InChI=1S/C30H21F9N2O4/c1-26(44,28(31,32)33)20-14-12-19-18(22(20)40-24(42)16-8-4-2-5-9-16)13-15-21(27(45,29(34,35)36)30(37,38)39)23(19)41-25(43)17-10-6-3-7-11-17/h2-15,44-45H,1H3,(H,40,42)(H,41,43). The van der Waals surface area contributed by atoms with E-state index in [0.717, 1.165) is 0 Å². The molecule has 0 spiro atoms. The molecule has 0 aromatic heterocycles. The number of alkyl halides is 9. The van der Waals surface area contributed by atoms with E-state index in [1.807, 2.05) is 5.32 Å². The second kappa shape index (κ2) is 11.4. The number of hydrogen-bond donors (Lipinski definition) is 4. The summed E-state index contributed by atoms with van der Waals surface area (Å²) in [6.45, 7) is 0.324. The van der Waals surface area contributed by atoms with Crippen LogP contribution in [-0.4, -0.2) is 40.6 Å². The van der Waals surface area contributed by atoms with Crippen molar-refractivity contribution in [2.75, 3.05) is 10.6 Å². The van der Waals surface area contributed by atoms with Crippen LogP contribution in [0.3, 0.4) is 0 Å². The molecule has 0 bridgehead atoms. The zero-order chi connectivity index (χ0) is 33.6. The Morgan fingerprint density at radius 2 is 0.889 bits per heavy atom. The summed E-state index contributed by atoms with van der Waals surface area (Å²) < 4.78 is 126. The van der Waals surface area contributed by atoms with Crippen LogP contribution < -0.4 is 10.6 Å². The van der Waals surface area contributed by atoms with Gasteiger partial charge >= 0.3 is 18.5 Å². The summed E-state index contributed by atoms with van der Waals surface area (Å²) in [5.74, 6) is -2.29. The Kier molecular flexibility index (Phi) is 8.41. The van der Waals surface area contributed by atoms with Crippen LogP contribution in [0.4, 0.5) is 50.9 Å². The van der Waals surface area contributed by atoms with Crippen molar-refractivity contribution in [3.05, 3.63) is 107 Å². The summed E-state index contributed by atoms with van der Waals surface area (Å²) in [6, 6.07) is 15.1. The van der Waals surface area contributed by atoms with Gasteiger partial charge in [0.05, 0.1) is 11.4 Å². The third kappa shape index (κ3) is 5.92. The van der Waals surface area contributed by atoms with E-state index < -0.39 is 74.8 Å². The van der Waals surface area contributed by atoms with Gasteiger partial charge in [0.25, 0.3) is 17.4 Å². The zero-order valence-corrected chi connectivity index (χ0v) is 22.7. The molecule has 4 aromatic rings. The van der Waals surface area contributed by atoms with Crippen LogP contribution in [0.25, 0.3) is 10.8 Å². The molecule has 2 amide bonds. The molecule has 4 N–H and O–H groups in total. The third-order valence-corrected chi connectivity index (χ3v) is 7.04. The van der Waals surface area contributed by atoms with Gasteiger partial charge in [-0.3, -0.25) is 9.59 Å². The lowest BCUT2D eigenvalue weighted by atomic mass is 9.85. The maximum absolute atomic E-state index is 14.0. The van der Waals surface area contributed by atoms with E-state index >= 15 is 0 Å². The first kappa shape index (κ1) is 33.3. The topological polar surface area (TPSA) is 98.7 Å². The lowest BCUT2D eigenvalue weighted by Crippen LogP contribution is -2.54. The highest BCUT2D eigenvalue weighted by Gasteiger charge is 2.72. The molecule has 0 aliphatic rings. The highest BCUT2D eigenvalue weighted by atomic mass is 19.4. The van der Waals surface area contributed by atoms with Crippen molar-refractivity contribution >= 4 is 34.0 Å². The number of aliphatic hydroxyl groups is 2. The fraction of sp³-hybridized carbons (Fsp3) is 0.200. The van der Waals surface area contributed by atoms with Gasteiger partial charge in [0.2, 0.25) is 0 Å². The van der Waals surface area contributed by atoms with E-state index in [2.05, 4.69) is 5.32 Å². The summed E-state index contributed by atoms with van der Waals surface area (Å²) in [5.41, 5.74) is -14.7. The van der Waals surface area contributed by atoms with Gasteiger partial charge in [-0.1, -0.05) is 60.7 Å². The Hall–Kier alpha value is -4.63. The number of amides is 2. The molecule has 1 unspecified atom stereocenters. The van der Waals surface area contributed by atoms with E-state index in [0.29, 0.717) is 25.1 Å². The van der Waals surface area contributed by atoms with Gasteiger partial charge in [0, 0.05) is 33.0 Å². The van der Waals surface area contributed by atoms with E-state index in [-0.39, 0.29) is 17.2 Å². The lowest BCUT2D eigenvalue weighted by Gasteiger charge is -2.35. The summed E-state index contributed by atoms with van der Waals surface area (Å²) in [7, 11) is 0. The van der Waals surface area contributed by atoms with Gasteiger partial charge in [0.1, 0.15) is 0 Å². The van der Waals surface area contributed by atoms with Crippen molar-refractivity contribution in [3.8, 4) is 0 Å². The molecule has 1 atom stereocenters. The van der Waals surface area contributed by atoms with Crippen molar-refractivity contribution in [1.29, 1.82) is 0 Å². The van der Waals surface area contributed by atoms with E-state index in [4.69, 9.17) is 0 Å². The number of anilines is 2. The third-order valence-electron chi connectivity index (χ3n) is 7.04. The molecule has 0 aliphatic heterocycles. The second-order valence-corrected chi connectivity index (χ2v) is 9.99. The van der Waals surface area contributed by atoms with Gasteiger partial charge in [-0.2, -0.15) is 39.5 Å². The van der Waals surface area contributed by atoms with E-state index in [9.17, 15) is 59.3 Å². The highest BCUT2D eigenvalue weighted by Crippen LogP contribution is 2.54. The van der Waals surface area contributed by atoms with Crippen LogP contribution in [0.1, 0.15) is 38.8 Å². The first-order valence-corrected chi connectivity index (χ1v) is 12.7. The average Bonchev–Trinajstić information content (AvgIpc) is 2.96. The number of hydrogen-bond acceptors (Lipinski definition) is 4. The molecular weight excluding hydrogens is 623 g/mol. The Labute approximate surface area is 248 Å². The molecule has 238 valence electrons. The molecular formula is C30H21F9N2O4. The van der Waals surface area contributed by atoms with Crippen LogP contribution >= 0.6 is 0 Å². The smallest absolute Gasteiger partial charge is 0.376 e. The largest absolute Gasteiger partial charge is 0.430 e. The molecule has 0 fully saturated rings. The molecule has 0 radical (unpaired) electrons. The molecule has 45 heavy (non-hydrogen) atoms. The average molecular weight is 644 g/mol. The van der Waals surface area contributed by atoms with E-state index in [1.165, 1.54) is 60.7 Å². The number of nitrogens with one attached hydrogen (secondary N) is 2. The predicted octanol–water partition coefficient (Wildman–Crippen LogP) is 7.43. The number of halogens is 9. The normalized spacial score (nSPS) is 14.1. The maximum Gasteiger partial charge on any atom is 0.430 e. The van der Waals surface area contributed by atoms with Crippen molar-refractivity contribution in [2.45, 2.75) is 36.7 Å². The predicted molar refractivity (Wildman–Crippen MR) is 144 cm³/mol. The molecule has 0 saturated heterocycles. The van der Waals surface area contributed by atoms with Crippen molar-refractivity contribution in [1.82, 2.24) is 0 Å². The minimum Gasteiger partial charge on any atom is -0.376 e. The first-order chi connectivity index (χ1) is 20.7. The summed E-state index contributed by atoms with van der Waals surface area (Å²) in [6.07, 6.45) is -18.2. The Balaban J connectivity index is 2.11. The number of benzene rings is 4. The summed E-state index contributed by atoms with van der Waals surface area (Å²) >= 11 is 0. The van der Waals surface area contributed by atoms with Gasteiger partial charge < -0.3 is 20.8 Å². The van der Waals surface area contributed by atoms with Gasteiger partial charge in [-0.05, 0) is 31.2 Å². The number of carbonyl (C=O) groups excluding carboxylic acids is 2. The Bertz CT molecular complexity index is 1720. The van der Waals surface area contributed by atoms with Crippen molar-refractivity contribution in [3.63, 3.8) is 0 Å². The fourth-order valence-electron chi connectivity index (χ4n) is 4.55. The van der Waals surface area contributed by atoms with Crippen LogP contribution in [-0.2, 0) is 11.2 Å². The van der Waals surface area contributed by atoms with Crippen LogP contribution in [0, 0.1) is 0 Å². The molecule has 0 saturated carbocycles. The molecule has 4 aromatic carbocycles. The molecule has 15 heteroatoms. The summed E-state index contributed by atoms with van der Waals surface area (Å²) in [5, 5.41) is 23.5. The van der Waals surface area contributed by atoms with Gasteiger partial charge in [0.15, 0.2) is 5.60 Å². The first-order valence-electron chi connectivity index (χ1n) is 12.7. The minimum atomic E-state index is -6.41.